The summed E-state index contributed by atoms with van der Waals surface area (Å²) in [6.45, 7) is 0. The van der Waals surface area contributed by atoms with E-state index in [1.165, 1.54) is 19.0 Å². The average molecular weight is 270 g/mol. The first-order valence-electron chi connectivity index (χ1n) is 4.71. The van der Waals surface area contributed by atoms with Crippen LogP contribution in [0.2, 0.25) is 0 Å². The fourth-order valence-electron chi connectivity index (χ4n) is 1.64. The fraction of sp³-hybridized carbons (Fsp3) is 0. The van der Waals surface area contributed by atoms with E-state index in [-0.39, 0.29) is 0 Å². The summed E-state index contributed by atoms with van der Waals surface area (Å²) in [6.07, 6.45) is 4.62. The van der Waals surface area contributed by atoms with Gasteiger partial charge in [0.2, 0.25) is 0 Å². The van der Waals surface area contributed by atoms with Crippen molar-refractivity contribution in [3.63, 3.8) is 0 Å². The summed E-state index contributed by atoms with van der Waals surface area (Å²) in [5.41, 5.74) is 0. The molecule has 10 heteroatoms. The van der Waals surface area contributed by atoms with Gasteiger partial charge in [0.15, 0.2) is 0 Å². The van der Waals surface area contributed by atoms with Gasteiger partial charge in [-0.25, -0.2) is 0 Å². The molecule has 0 unspecified atom stereocenters. The molecule has 0 atom stereocenters. The van der Waals surface area contributed by atoms with Crippen LogP contribution in [-0.4, -0.2) is 45.5 Å². The van der Waals surface area contributed by atoms with Crippen molar-refractivity contribution in [3.8, 4) is 0 Å². The van der Waals surface area contributed by atoms with Crippen LogP contribution in [0.1, 0.15) is 0 Å². The van der Waals surface area contributed by atoms with Crippen molar-refractivity contribution >= 4 is 13.3 Å². The zero-order valence-corrected chi connectivity index (χ0v) is 11.1. The second kappa shape index (κ2) is 3.89. The van der Waals surface area contributed by atoms with Gasteiger partial charge in [0.1, 0.15) is 0 Å². The molecule has 0 aliphatic carbocycles. The summed E-state index contributed by atoms with van der Waals surface area (Å²) in [5, 5.41) is 20.4. The van der Waals surface area contributed by atoms with Gasteiger partial charge in [0.25, 0.3) is 0 Å². The molecule has 0 spiro atoms. The van der Waals surface area contributed by atoms with E-state index in [0.29, 0.717) is 0 Å². The molecule has 16 heavy (non-hydrogen) atoms. The Morgan fingerprint density at radius 1 is 0.688 bits per heavy atom. The zero-order valence-electron chi connectivity index (χ0n) is 8.12. The van der Waals surface area contributed by atoms with Crippen molar-refractivity contribution < 1.29 is 16.0 Å². The van der Waals surface area contributed by atoms with Gasteiger partial charge in [0, 0.05) is 0 Å². The van der Waals surface area contributed by atoms with E-state index >= 15 is 0 Å². The maximum atomic E-state index is 4.17. The zero-order chi connectivity index (χ0) is 10.8. The summed E-state index contributed by atoms with van der Waals surface area (Å²) >= 11 is -2.70. The van der Waals surface area contributed by atoms with Gasteiger partial charge >= 0.3 is 93.7 Å². The van der Waals surface area contributed by atoms with Crippen LogP contribution in [0.3, 0.4) is 0 Å². The molecule has 3 rings (SSSR count). The van der Waals surface area contributed by atoms with Gasteiger partial charge in [-0.05, 0) is 0 Å². The van der Waals surface area contributed by atoms with Gasteiger partial charge in [-0.3, -0.25) is 0 Å². The van der Waals surface area contributed by atoms with Crippen LogP contribution in [0.4, 0.5) is 0 Å². The summed E-state index contributed by atoms with van der Waals surface area (Å²) in [7, 11) is 0. The fourth-order valence-corrected chi connectivity index (χ4v) is 6.72. The van der Waals surface area contributed by atoms with Crippen LogP contribution in [0, 0.1) is 0 Å². The molecule has 0 fully saturated rings. The molecule has 77 valence electrons. The maximum absolute atomic E-state index is 4.17. The van der Waals surface area contributed by atoms with Crippen molar-refractivity contribution in [2.75, 3.05) is 0 Å². The Labute approximate surface area is 94.0 Å². The van der Waals surface area contributed by atoms with Crippen LogP contribution in [-0.2, 0) is 16.0 Å². The minimum atomic E-state index is -2.70. The van der Waals surface area contributed by atoms with Gasteiger partial charge < -0.3 is 0 Å². The molecular formula is C6H6N9Zn. The van der Waals surface area contributed by atoms with Crippen molar-refractivity contribution in [1.29, 1.82) is 0 Å². The second-order valence-electron chi connectivity index (χ2n) is 3.28. The molecule has 0 aliphatic heterocycles. The van der Waals surface area contributed by atoms with Crippen LogP contribution >= 0.6 is 0 Å². The number of nitrogens with one attached hydrogen (secondary N) is 3. The molecule has 3 heterocycles. The number of rotatable bonds is 3. The third-order valence-corrected chi connectivity index (χ3v) is 8.47. The predicted molar refractivity (Wildman–Crippen MR) is 48.1 cm³/mol. The molecule has 0 aromatic carbocycles. The summed E-state index contributed by atoms with van der Waals surface area (Å²) in [6, 6.07) is 0. The molecule has 9 nitrogen and oxygen atoms in total. The molecule has 3 N–H and O–H groups in total. The van der Waals surface area contributed by atoms with Crippen molar-refractivity contribution in [3.05, 3.63) is 19.0 Å². The Kier molecular flexibility index (Phi) is 2.26. The third-order valence-electron chi connectivity index (χ3n) is 2.34. The van der Waals surface area contributed by atoms with Crippen LogP contribution in [0.5, 0.6) is 0 Å². The number of hydrogen-bond acceptors (Lipinski definition) is 6. The van der Waals surface area contributed by atoms with E-state index in [1.807, 2.05) is 0 Å². The molecule has 0 amide bonds. The van der Waals surface area contributed by atoms with Crippen LogP contribution < -0.4 is 13.3 Å². The first-order valence-corrected chi connectivity index (χ1v) is 9.16. The van der Waals surface area contributed by atoms with E-state index in [2.05, 4.69) is 45.5 Å². The first-order chi connectivity index (χ1) is 7.95. The SMILES string of the molecule is c1n[c]([Zn]([c]2nc[nH]n2)[c]2nc[nH]n2)n[nH]1. The van der Waals surface area contributed by atoms with E-state index in [4.69, 9.17) is 0 Å². The number of H-pyrrole nitrogens is 3. The van der Waals surface area contributed by atoms with Gasteiger partial charge in [0.05, 0.1) is 0 Å². The molecule has 0 saturated heterocycles. The van der Waals surface area contributed by atoms with E-state index in [9.17, 15) is 0 Å². The number of aromatic amines is 3. The average Bonchev–Trinajstić information content (AvgIpc) is 3.02. The number of nitrogens with zero attached hydrogens (tertiary/aromatic N) is 6. The summed E-state index contributed by atoms with van der Waals surface area (Å²) in [5.74, 6) is 0. The second-order valence-corrected chi connectivity index (χ2v) is 9.48. The molecule has 3 aromatic heterocycles. The molecule has 0 saturated carbocycles. The Morgan fingerprint density at radius 3 is 1.31 bits per heavy atom. The van der Waals surface area contributed by atoms with Crippen LogP contribution in [0.25, 0.3) is 0 Å². The molecular weight excluding hydrogens is 264 g/mol. The van der Waals surface area contributed by atoms with Gasteiger partial charge in [-0.1, -0.05) is 0 Å². The Bertz CT molecular complexity index is 445. The molecule has 0 bridgehead atoms. The Balaban J connectivity index is 2.09. The van der Waals surface area contributed by atoms with Gasteiger partial charge in [-0.15, -0.1) is 0 Å². The van der Waals surface area contributed by atoms with Gasteiger partial charge in [-0.2, -0.15) is 0 Å². The summed E-state index contributed by atoms with van der Waals surface area (Å²) in [4.78, 5) is 12.5. The Morgan fingerprint density at radius 2 is 1.06 bits per heavy atom. The van der Waals surface area contributed by atoms with Crippen molar-refractivity contribution in [2.24, 2.45) is 0 Å². The third kappa shape index (κ3) is 1.52. The number of hydrogen-bond donors (Lipinski definition) is 3. The van der Waals surface area contributed by atoms with E-state index < -0.39 is 16.0 Å². The molecule has 0 aliphatic rings. The quantitative estimate of drug-likeness (QED) is 0.434. The first kappa shape index (κ1) is 9.28. The van der Waals surface area contributed by atoms with E-state index in [1.54, 1.807) is 0 Å². The standard InChI is InChI=1S/3C2H2N3.Zn/c3*1-3-2-5-4-1;/h3*1H,(H,3,4,5);. The minimum absolute atomic E-state index is 0.735. The predicted octanol–water partition coefficient (Wildman–Crippen LogP) is -3.06. The van der Waals surface area contributed by atoms with Crippen LogP contribution in [0.15, 0.2) is 19.0 Å². The monoisotopic (exact) mass is 268 g/mol. The summed E-state index contributed by atoms with van der Waals surface area (Å²) < 4.78 is 2.21. The number of aromatic nitrogens is 9. The normalized spacial score (nSPS) is 10.5. The molecule has 3 aromatic rings. The van der Waals surface area contributed by atoms with E-state index in [0.717, 1.165) is 13.3 Å². The Hall–Kier alpha value is -1.96. The van der Waals surface area contributed by atoms with Crippen molar-refractivity contribution in [2.45, 2.75) is 0 Å². The van der Waals surface area contributed by atoms with Crippen molar-refractivity contribution in [1.82, 2.24) is 45.5 Å². The topological polar surface area (TPSA) is 125 Å². The molecule has 0 radical (unpaired) electrons.